The number of nitriles is 1. The lowest BCUT2D eigenvalue weighted by atomic mass is 10.1. The molecule has 0 aliphatic carbocycles. The molecule has 3 aromatic rings. The van der Waals surface area contributed by atoms with E-state index in [4.69, 9.17) is 10.5 Å². The van der Waals surface area contributed by atoms with Crippen molar-refractivity contribution < 1.29 is 14.3 Å². The highest BCUT2D eigenvalue weighted by molar-refractivity contribution is 5.94. The van der Waals surface area contributed by atoms with Gasteiger partial charge in [-0.25, -0.2) is 0 Å². The lowest BCUT2D eigenvalue weighted by Gasteiger charge is -2.08. The van der Waals surface area contributed by atoms with Crippen LogP contribution in [-0.2, 0) is 9.59 Å². The van der Waals surface area contributed by atoms with E-state index in [0.717, 1.165) is 5.52 Å². The second-order valence-electron chi connectivity index (χ2n) is 5.82. The van der Waals surface area contributed by atoms with E-state index in [0.29, 0.717) is 34.0 Å². The van der Waals surface area contributed by atoms with Crippen LogP contribution in [0.25, 0.3) is 10.9 Å². The van der Waals surface area contributed by atoms with Crippen LogP contribution in [0.3, 0.4) is 0 Å². The Balaban J connectivity index is 1.69. The summed E-state index contributed by atoms with van der Waals surface area (Å²) >= 11 is 0. The van der Waals surface area contributed by atoms with Crippen LogP contribution < -0.4 is 21.1 Å². The van der Waals surface area contributed by atoms with Gasteiger partial charge in [-0.15, -0.1) is 0 Å². The first-order valence-corrected chi connectivity index (χ1v) is 8.10. The molecule has 8 nitrogen and oxygen atoms in total. The highest BCUT2D eigenvalue weighted by Crippen LogP contribution is 2.30. The molecule has 0 saturated heterocycles. The molecule has 3 rings (SSSR count). The van der Waals surface area contributed by atoms with E-state index in [9.17, 15) is 14.9 Å². The number of benzene rings is 2. The Kier molecular flexibility index (Phi) is 4.95. The molecule has 0 radical (unpaired) electrons. The number of H-pyrrole nitrogens is 1. The maximum atomic E-state index is 11.7. The van der Waals surface area contributed by atoms with Crippen LogP contribution in [0.1, 0.15) is 12.5 Å². The van der Waals surface area contributed by atoms with Gasteiger partial charge in [-0.05, 0) is 42.5 Å². The van der Waals surface area contributed by atoms with Crippen LogP contribution in [0, 0.1) is 11.3 Å². The van der Waals surface area contributed by atoms with Gasteiger partial charge in [-0.2, -0.15) is 5.26 Å². The van der Waals surface area contributed by atoms with Crippen molar-refractivity contribution in [2.75, 3.05) is 17.6 Å². The molecule has 0 atom stereocenters. The Labute approximate surface area is 154 Å². The molecule has 27 heavy (non-hydrogen) atoms. The third-order valence-electron chi connectivity index (χ3n) is 3.78. The first-order valence-electron chi connectivity index (χ1n) is 8.10. The molecular formula is C19H17N5O3. The minimum atomic E-state index is -0.321. The van der Waals surface area contributed by atoms with E-state index in [-0.39, 0.29) is 18.4 Å². The van der Waals surface area contributed by atoms with Gasteiger partial charge in [-0.1, -0.05) is 0 Å². The van der Waals surface area contributed by atoms with Gasteiger partial charge in [0.05, 0.1) is 6.54 Å². The van der Waals surface area contributed by atoms with Crippen molar-refractivity contribution in [1.29, 1.82) is 5.26 Å². The fourth-order valence-corrected chi connectivity index (χ4v) is 2.53. The van der Waals surface area contributed by atoms with Gasteiger partial charge in [0, 0.05) is 23.5 Å². The Morgan fingerprint density at radius 2 is 1.89 bits per heavy atom. The van der Waals surface area contributed by atoms with Crippen molar-refractivity contribution in [2.24, 2.45) is 0 Å². The second-order valence-corrected chi connectivity index (χ2v) is 5.82. The fraction of sp³-hybridized carbons (Fsp3) is 0.105. The number of fused-ring (bicyclic) bond motifs is 1. The summed E-state index contributed by atoms with van der Waals surface area (Å²) in [6, 6.07) is 14.2. The van der Waals surface area contributed by atoms with Crippen LogP contribution in [-0.4, -0.2) is 23.3 Å². The quantitative estimate of drug-likeness (QED) is 0.553. The minimum absolute atomic E-state index is 0.0887. The third kappa shape index (κ3) is 4.16. The highest BCUT2D eigenvalue weighted by atomic mass is 16.5. The first kappa shape index (κ1) is 17.8. The number of nitrogens with two attached hydrogens (primary N) is 1. The largest absolute Gasteiger partial charge is 0.457 e. The molecule has 2 amide bonds. The number of anilines is 2. The third-order valence-corrected chi connectivity index (χ3v) is 3.78. The summed E-state index contributed by atoms with van der Waals surface area (Å²) in [5, 5.41) is 15.0. The Hall–Kier alpha value is -3.99. The summed E-state index contributed by atoms with van der Waals surface area (Å²) in [7, 11) is 0. The maximum absolute atomic E-state index is 11.7. The molecule has 5 N–H and O–H groups in total. The average Bonchev–Trinajstić information content (AvgIpc) is 2.96. The zero-order valence-electron chi connectivity index (χ0n) is 14.5. The molecule has 0 saturated carbocycles. The number of hydrogen-bond acceptors (Lipinski definition) is 5. The van der Waals surface area contributed by atoms with E-state index >= 15 is 0 Å². The molecular weight excluding hydrogens is 346 g/mol. The van der Waals surface area contributed by atoms with Crippen LogP contribution in [0.4, 0.5) is 11.5 Å². The molecule has 0 unspecified atom stereocenters. The minimum Gasteiger partial charge on any atom is -0.457 e. The van der Waals surface area contributed by atoms with E-state index in [1.165, 1.54) is 6.92 Å². The number of nitrogen functional groups attached to an aromatic ring is 1. The van der Waals surface area contributed by atoms with Crippen LogP contribution in [0.15, 0.2) is 42.5 Å². The van der Waals surface area contributed by atoms with Crippen molar-refractivity contribution in [3.63, 3.8) is 0 Å². The molecule has 2 aromatic carbocycles. The van der Waals surface area contributed by atoms with Gasteiger partial charge in [0.2, 0.25) is 11.8 Å². The number of nitrogens with one attached hydrogen (secondary N) is 3. The number of nitrogens with zero attached hydrogens (tertiary/aromatic N) is 1. The van der Waals surface area contributed by atoms with Gasteiger partial charge in [0.15, 0.2) is 0 Å². The number of amides is 2. The van der Waals surface area contributed by atoms with Crippen molar-refractivity contribution in [1.82, 2.24) is 10.3 Å². The molecule has 0 fully saturated rings. The van der Waals surface area contributed by atoms with Gasteiger partial charge in [0.1, 0.15) is 28.9 Å². The van der Waals surface area contributed by atoms with Gasteiger partial charge in [0.25, 0.3) is 0 Å². The molecule has 1 heterocycles. The van der Waals surface area contributed by atoms with Gasteiger partial charge >= 0.3 is 0 Å². The summed E-state index contributed by atoms with van der Waals surface area (Å²) < 4.78 is 5.80. The van der Waals surface area contributed by atoms with Crippen molar-refractivity contribution in [2.45, 2.75) is 6.92 Å². The highest BCUT2D eigenvalue weighted by Gasteiger charge is 2.10. The number of ether oxygens (including phenoxy) is 1. The molecule has 0 aliphatic rings. The number of aromatic nitrogens is 1. The standard InChI is InChI=1S/C19H17N5O3/c1-11(25)22-10-18(26)23-12-2-4-13(5-3-12)27-14-6-7-17-15(8-14)16(9-20)19(21)24-17/h2-8,24H,10,21H2,1H3,(H,22,25)(H,23,26). The van der Waals surface area contributed by atoms with Gasteiger partial charge < -0.3 is 26.1 Å². The van der Waals surface area contributed by atoms with E-state index in [1.807, 2.05) is 0 Å². The predicted molar refractivity (Wildman–Crippen MR) is 101 cm³/mol. The van der Waals surface area contributed by atoms with Crippen molar-refractivity contribution in [3.05, 3.63) is 48.0 Å². The van der Waals surface area contributed by atoms with Gasteiger partial charge in [-0.3, -0.25) is 9.59 Å². The second kappa shape index (κ2) is 7.49. The van der Waals surface area contributed by atoms with Crippen molar-refractivity contribution in [3.8, 4) is 17.6 Å². The Morgan fingerprint density at radius 3 is 2.56 bits per heavy atom. The normalized spacial score (nSPS) is 10.2. The van der Waals surface area contributed by atoms with Crippen LogP contribution >= 0.6 is 0 Å². The number of rotatable bonds is 5. The predicted octanol–water partition coefficient (Wildman–Crippen LogP) is 2.49. The first-order chi connectivity index (χ1) is 13.0. The molecule has 0 bridgehead atoms. The molecule has 136 valence electrons. The number of hydrogen-bond donors (Lipinski definition) is 4. The van der Waals surface area contributed by atoms with Crippen LogP contribution in [0.2, 0.25) is 0 Å². The molecule has 1 aromatic heterocycles. The monoisotopic (exact) mass is 363 g/mol. The summed E-state index contributed by atoms with van der Waals surface area (Å²) in [5.74, 6) is 0.855. The Bertz CT molecular complexity index is 1050. The van der Waals surface area contributed by atoms with E-state index in [1.54, 1.807) is 42.5 Å². The average molecular weight is 363 g/mol. The number of carbonyl (C=O) groups excluding carboxylic acids is 2. The van der Waals surface area contributed by atoms with Crippen molar-refractivity contribution >= 4 is 34.2 Å². The zero-order chi connectivity index (χ0) is 19.4. The molecule has 0 spiro atoms. The molecule has 0 aliphatic heterocycles. The smallest absolute Gasteiger partial charge is 0.243 e. The SMILES string of the molecule is CC(=O)NCC(=O)Nc1ccc(Oc2ccc3[nH]c(N)c(C#N)c3c2)cc1. The summed E-state index contributed by atoms with van der Waals surface area (Å²) in [6.07, 6.45) is 0. The summed E-state index contributed by atoms with van der Waals surface area (Å²) in [5.41, 5.74) is 7.51. The lowest BCUT2D eigenvalue weighted by molar-refractivity contribution is -0.122. The maximum Gasteiger partial charge on any atom is 0.243 e. The van der Waals surface area contributed by atoms with E-state index < -0.39 is 0 Å². The Morgan fingerprint density at radius 1 is 1.19 bits per heavy atom. The summed E-state index contributed by atoms with van der Waals surface area (Å²) in [4.78, 5) is 25.4. The van der Waals surface area contributed by atoms with Crippen LogP contribution in [0.5, 0.6) is 11.5 Å². The summed E-state index contributed by atoms with van der Waals surface area (Å²) in [6.45, 7) is 1.26. The topological polar surface area (TPSA) is 133 Å². The zero-order valence-corrected chi connectivity index (χ0v) is 14.5. The fourth-order valence-electron chi connectivity index (χ4n) is 2.53. The van der Waals surface area contributed by atoms with E-state index in [2.05, 4.69) is 21.7 Å². The molecule has 8 heteroatoms. The number of aromatic amines is 1. The lowest BCUT2D eigenvalue weighted by Crippen LogP contribution is -2.31. The number of carbonyl (C=O) groups is 2.